The van der Waals surface area contributed by atoms with Gasteiger partial charge in [0.15, 0.2) is 0 Å². The smallest absolute Gasteiger partial charge is 0.289 e. The van der Waals surface area contributed by atoms with Gasteiger partial charge >= 0.3 is 0 Å². The predicted molar refractivity (Wildman–Crippen MR) is 53.9 cm³/mol. The summed E-state index contributed by atoms with van der Waals surface area (Å²) in [7, 11) is -3.47. The molecule has 0 fully saturated rings. The van der Waals surface area contributed by atoms with Gasteiger partial charge in [0.2, 0.25) is 5.82 Å². The van der Waals surface area contributed by atoms with E-state index in [0.29, 0.717) is 0 Å². The maximum Gasteiger partial charge on any atom is 0.289 e. The molecule has 0 aromatic carbocycles. The van der Waals surface area contributed by atoms with Crippen molar-refractivity contribution < 1.29 is 17.0 Å². The molecule has 0 saturated heterocycles. The molecule has 1 aromatic rings. The predicted octanol–water partition coefficient (Wildman–Crippen LogP) is -0.251. The first kappa shape index (κ1) is 12.8. The van der Waals surface area contributed by atoms with Crippen molar-refractivity contribution >= 4 is 10.1 Å². The molecule has 1 rings (SSSR count). The normalized spacial score (nSPS) is 11.6. The Morgan fingerprint density at radius 3 is 2.88 bits per heavy atom. The molecule has 8 heteroatoms. The molecule has 0 aliphatic carbocycles. The summed E-state index contributed by atoms with van der Waals surface area (Å²) in [5.74, 6) is -0.938. The van der Waals surface area contributed by atoms with Gasteiger partial charge in [-0.2, -0.15) is 12.8 Å². The minimum absolute atomic E-state index is 0.0538. The molecule has 0 aliphatic heterocycles. The number of rotatable bonds is 5. The summed E-state index contributed by atoms with van der Waals surface area (Å²) in [6.45, 7) is 0.0981. The van der Waals surface area contributed by atoms with Crippen LogP contribution in [0.5, 0.6) is 0 Å². The third-order valence-corrected chi connectivity index (χ3v) is 2.29. The van der Waals surface area contributed by atoms with E-state index in [2.05, 4.69) is 9.17 Å². The van der Waals surface area contributed by atoms with E-state index in [0.717, 1.165) is 17.0 Å². The summed E-state index contributed by atoms with van der Waals surface area (Å²) in [6.07, 6.45) is 3.22. The van der Waals surface area contributed by atoms with E-state index in [9.17, 15) is 17.6 Å². The van der Waals surface area contributed by atoms with E-state index in [1.165, 1.54) is 6.33 Å². The molecule has 90 valence electrons. The Morgan fingerprint density at radius 2 is 2.25 bits per heavy atom. The van der Waals surface area contributed by atoms with E-state index in [4.69, 9.17) is 0 Å². The van der Waals surface area contributed by atoms with Crippen molar-refractivity contribution in [3.05, 3.63) is 28.7 Å². The summed E-state index contributed by atoms with van der Waals surface area (Å²) in [6, 6.07) is 0. The SMILES string of the molecule is CS(=O)(=O)OCCCn1cncc(F)c1=O. The molecule has 6 nitrogen and oxygen atoms in total. The van der Waals surface area contributed by atoms with Gasteiger partial charge in [-0.1, -0.05) is 0 Å². The first-order valence-electron chi connectivity index (χ1n) is 4.44. The van der Waals surface area contributed by atoms with E-state index in [-0.39, 0.29) is 19.6 Å². The average molecular weight is 250 g/mol. The van der Waals surface area contributed by atoms with Gasteiger partial charge in [0.05, 0.1) is 25.4 Å². The highest BCUT2D eigenvalue weighted by molar-refractivity contribution is 7.85. The van der Waals surface area contributed by atoms with E-state index in [1.807, 2.05) is 0 Å². The highest BCUT2D eigenvalue weighted by Gasteiger charge is 2.04. The summed E-state index contributed by atoms with van der Waals surface area (Å²) in [5.41, 5.74) is -0.783. The van der Waals surface area contributed by atoms with Crippen LogP contribution >= 0.6 is 0 Å². The molecule has 0 spiro atoms. The standard InChI is InChI=1S/C8H11FN2O4S/c1-16(13,14)15-4-2-3-11-6-10-5-7(9)8(11)12/h5-6H,2-4H2,1H3. The Morgan fingerprint density at radius 1 is 1.56 bits per heavy atom. The Kier molecular flexibility index (Phi) is 4.13. The zero-order valence-corrected chi connectivity index (χ0v) is 9.41. The van der Waals surface area contributed by atoms with E-state index >= 15 is 0 Å². The molecular formula is C8H11FN2O4S. The Balaban J connectivity index is 2.50. The fourth-order valence-electron chi connectivity index (χ4n) is 1.03. The van der Waals surface area contributed by atoms with Crippen molar-refractivity contribution in [1.82, 2.24) is 9.55 Å². The highest BCUT2D eigenvalue weighted by Crippen LogP contribution is 1.93. The van der Waals surface area contributed by atoms with Crippen LogP contribution in [0.1, 0.15) is 6.42 Å². The van der Waals surface area contributed by atoms with Crippen molar-refractivity contribution in [2.75, 3.05) is 12.9 Å². The molecule has 0 aliphatic rings. The lowest BCUT2D eigenvalue weighted by atomic mass is 10.4. The van der Waals surface area contributed by atoms with Crippen molar-refractivity contribution in [1.29, 1.82) is 0 Å². The van der Waals surface area contributed by atoms with Gasteiger partial charge in [-0.05, 0) is 6.42 Å². The minimum atomic E-state index is -3.47. The molecule has 0 saturated carbocycles. The molecule has 0 amide bonds. The van der Waals surface area contributed by atoms with Gasteiger partial charge in [0.25, 0.3) is 15.7 Å². The summed E-state index contributed by atoms with van der Waals surface area (Å²) in [4.78, 5) is 14.7. The summed E-state index contributed by atoms with van der Waals surface area (Å²) >= 11 is 0. The molecule has 16 heavy (non-hydrogen) atoms. The fourth-order valence-corrected chi connectivity index (χ4v) is 1.45. The lowest BCUT2D eigenvalue weighted by Gasteiger charge is -2.04. The van der Waals surface area contributed by atoms with Crippen LogP contribution in [0.3, 0.4) is 0 Å². The van der Waals surface area contributed by atoms with Crippen LogP contribution in [0.15, 0.2) is 17.3 Å². The first-order valence-corrected chi connectivity index (χ1v) is 6.26. The van der Waals surface area contributed by atoms with Crippen LogP contribution in [-0.4, -0.2) is 30.8 Å². The van der Waals surface area contributed by atoms with Crippen LogP contribution in [0.25, 0.3) is 0 Å². The van der Waals surface area contributed by atoms with Crippen LogP contribution < -0.4 is 5.56 Å². The van der Waals surface area contributed by atoms with Gasteiger partial charge in [0.1, 0.15) is 0 Å². The molecule has 0 radical (unpaired) electrons. The lowest BCUT2D eigenvalue weighted by molar-refractivity contribution is 0.305. The van der Waals surface area contributed by atoms with Gasteiger partial charge < -0.3 is 0 Å². The monoisotopic (exact) mass is 250 g/mol. The summed E-state index contributed by atoms with van der Waals surface area (Å²) < 4.78 is 39.5. The maximum absolute atomic E-state index is 12.8. The number of aromatic nitrogens is 2. The van der Waals surface area contributed by atoms with Gasteiger partial charge in [0, 0.05) is 6.54 Å². The third kappa shape index (κ3) is 4.07. The molecule has 0 unspecified atom stereocenters. The van der Waals surface area contributed by atoms with E-state index < -0.39 is 21.5 Å². The van der Waals surface area contributed by atoms with Gasteiger partial charge in [-0.15, -0.1) is 0 Å². The maximum atomic E-state index is 12.8. The highest BCUT2D eigenvalue weighted by atomic mass is 32.2. The topological polar surface area (TPSA) is 78.3 Å². The molecule has 0 bridgehead atoms. The van der Waals surface area contributed by atoms with Gasteiger partial charge in [-0.3, -0.25) is 13.5 Å². The molecular weight excluding hydrogens is 239 g/mol. The zero-order chi connectivity index (χ0) is 12.2. The number of halogens is 1. The van der Waals surface area contributed by atoms with Crippen LogP contribution in [0, 0.1) is 5.82 Å². The Hall–Kier alpha value is -1.28. The number of hydrogen-bond acceptors (Lipinski definition) is 5. The van der Waals surface area contributed by atoms with Crippen molar-refractivity contribution in [2.24, 2.45) is 0 Å². The second-order valence-corrected chi connectivity index (χ2v) is 4.76. The largest absolute Gasteiger partial charge is 0.297 e. The third-order valence-electron chi connectivity index (χ3n) is 1.70. The molecule has 1 aromatic heterocycles. The van der Waals surface area contributed by atoms with Gasteiger partial charge in [-0.25, -0.2) is 4.98 Å². The first-order chi connectivity index (χ1) is 7.40. The molecule has 0 atom stereocenters. The zero-order valence-electron chi connectivity index (χ0n) is 8.59. The number of aryl methyl sites for hydroxylation is 1. The van der Waals surface area contributed by atoms with Crippen molar-refractivity contribution in [2.45, 2.75) is 13.0 Å². The molecule has 0 N–H and O–H groups in total. The lowest BCUT2D eigenvalue weighted by Crippen LogP contribution is -2.23. The Bertz CT molecular complexity index is 511. The van der Waals surface area contributed by atoms with Crippen LogP contribution in [0.2, 0.25) is 0 Å². The Labute approximate surface area is 91.8 Å². The molecule has 1 heterocycles. The van der Waals surface area contributed by atoms with Crippen molar-refractivity contribution in [3.8, 4) is 0 Å². The second-order valence-electron chi connectivity index (χ2n) is 3.12. The van der Waals surface area contributed by atoms with Crippen molar-refractivity contribution in [3.63, 3.8) is 0 Å². The summed E-state index contributed by atoms with van der Waals surface area (Å²) in [5, 5.41) is 0. The van der Waals surface area contributed by atoms with Crippen LogP contribution in [0.4, 0.5) is 4.39 Å². The number of nitrogens with zero attached hydrogens (tertiary/aromatic N) is 2. The number of hydrogen-bond donors (Lipinski definition) is 0. The fraction of sp³-hybridized carbons (Fsp3) is 0.500. The van der Waals surface area contributed by atoms with Crippen LogP contribution in [-0.2, 0) is 20.8 Å². The average Bonchev–Trinajstić information content (AvgIpc) is 2.17. The quantitative estimate of drug-likeness (QED) is 0.532. The van der Waals surface area contributed by atoms with E-state index in [1.54, 1.807) is 0 Å². The second kappa shape index (κ2) is 5.17. The minimum Gasteiger partial charge on any atom is -0.297 e.